The molecule has 0 saturated carbocycles. The van der Waals surface area contributed by atoms with E-state index in [2.05, 4.69) is 51.1 Å². The smallest absolute Gasteiger partial charge is 0.255 e. The maximum absolute atomic E-state index is 12.9. The van der Waals surface area contributed by atoms with E-state index >= 15 is 0 Å². The van der Waals surface area contributed by atoms with Gasteiger partial charge >= 0.3 is 0 Å². The third-order valence-corrected chi connectivity index (χ3v) is 6.89. The van der Waals surface area contributed by atoms with Crippen LogP contribution in [0.4, 0.5) is 5.69 Å². The third kappa shape index (κ3) is 8.12. The minimum absolute atomic E-state index is 0.106. The van der Waals surface area contributed by atoms with Gasteiger partial charge in [-0.15, -0.1) is 0 Å². The zero-order valence-corrected chi connectivity index (χ0v) is 23.7. The molecule has 1 amide bonds. The van der Waals surface area contributed by atoms with Gasteiger partial charge in [0.25, 0.3) is 5.91 Å². The Hall–Kier alpha value is -3.75. The van der Waals surface area contributed by atoms with Gasteiger partial charge in [0.05, 0.1) is 13.1 Å². The van der Waals surface area contributed by atoms with Gasteiger partial charge in [0.2, 0.25) is 0 Å². The molecule has 0 atom stereocenters. The Morgan fingerprint density at radius 3 is 1.67 bits per heavy atom. The second kappa shape index (κ2) is 13.9. The molecule has 39 heavy (non-hydrogen) atoms. The largest absolute Gasteiger partial charge is 0.337 e. The first-order chi connectivity index (χ1) is 18.9. The Balaban J connectivity index is 1.37. The molecule has 0 spiro atoms. The van der Waals surface area contributed by atoms with Crippen molar-refractivity contribution in [2.45, 2.75) is 52.9 Å². The van der Waals surface area contributed by atoms with Crippen LogP contribution in [0.15, 0.2) is 73.3 Å². The molecular weight excluding hydrogens is 486 g/mol. The second-order valence-electron chi connectivity index (χ2n) is 10.2. The molecule has 2 heterocycles. The zero-order chi connectivity index (χ0) is 27.6. The predicted octanol–water partition coefficient (Wildman–Crippen LogP) is 5.23. The number of amides is 1. The summed E-state index contributed by atoms with van der Waals surface area (Å²) in [6.45, 7) is 9.69. The minimum atomic E-state index is -0.106. The van der Waals surface area contributed by atoms with Crippen molar-refractivity contribution in [3.05, 3.63) is 102 Å². The first-order valence-corrected chi connectivity index (χ1v) is 13.8. The van der Waals surface area contributed by atoms with Gasteiger partial charge in [-0.05, 0) is 61.3 Å². The van der Waals surface area contributed by atoms with Gasteiger partial charge in [-0.25, -0.2) is 9.97 Å². The van der Waals surface area contributed by atoms with E-state index in [4.69, 9.17) is 0 Å². The lowest BCUT2D eigenvalue weighted by molar-refractivity contribution is 0.102. The molecule has 8 heteroatoms. The van der Waals surface area contributed by atoms with Crippen LogP contribution in [-0.4, -0.2) is 47.9 Å². The van der Waals surface area contributed by atoms with Gasteiger partial charge in [-0.1, -0.05) is 38.1 Å². The van der Waals surface area contributed by atoms with Crippen molar-refractivity contribution in [3.8, 4) is 0 Å². The van der Waals surface area contributed by atoms with Crippen molar-refractivity contribution < 1.29 is 4.79 Å². The van der Waals surface area contributed by atoms with Crippen LogP contribution in [0.2, 0.25) is 0 Å². The van der Waals surface area contributed by atoms with Crippen LogP contribution >= 0.6 is 0 Å². The highest BCUT2D eigenvalue weighted by Gasteiger charge is 2.14. The number of hydrogen-bond donors (Lipinski definition) is 1. The van der Waals surface area contributed by atoms with Crippen molar-refractivity contribution in [1.82, 2.24) is 28.9 Å². The number of anilines is 1. The van der Waals surface area contributed by atoms with Crippen molar-refractivity contribution in [2.24, 2.45) is 14.1 Å². The standard InChI is InChI=1S/C31H41N7O/c1-5-17-37(18-6-2)21-26-9-13-28(14-10-26)34-31(39)27-11-7-25(8-12-27)22-38(23-29-32-15-19-35(29)3)24-30-33-16-20-36(30)4/h7-16,19-20H,5-6,17-18,21-24H2,1-4H3,(H,34,39). The summed E-state index contributed by atoms with van der Waals surface area (Å²) in [5.74, 6) is 1.88. The summed E-state index contributed by atoms with van der Waals surface area (Å²) in [4.78, 5) is 26.7. The van der Waals surface area contributed by atoms with E-state index in [0.717, 1.165) is 61.9 Å². The molecule has 4 rings (SSSR count). The fourth-order valence-electron chi connectivity index (χ4n) is 4.74. The van der Waals surface area contributed by atoms with Crippen molar-refractivity contribution in [3.63, 3.8) is 0 Å². The highest BCUT2D eigenvalue weighted by molar-refractivity contribution is 6.04. The molecular formula is C31H41N7O. The summed E-state index contributed by atoms with van der Waals surface area (Å²) in [6, 6.07) is 16.0. The Labute approximate surface area is 232 Å². The summed E-state index contributed by atoms with van der Waals surface area (Å²) in [7, 11) is 4.02. The minimum Gasteiger partial charge on any atom is -0.337 e. The van der Waals surface area contributed by atoms with E-state index in [-0.39, 0.29) is 5.91 Å². The van der Waals surface area contributed by atoms with Crippen molar-refractivity contribution in [2.75, 3.05) is 18.4 Å². The lowest BCUT2D eigenvalue weighted by Gasteiger charge is -2.22. The molecule has 0 unspecified atom stereocenters. The maximum Gasteiger partial charge on any atom is 0.255 e. The maximum atomic E-state index is 12.9. The Kier molecular flexibility index (Phi) is 10.1. The van der Waals surface area contributed by atoms with E-state index in [9.17, 15) is 4.79 Å². The Morgan fingerprint density at radius 1 is 0.718 bits per heavy atom. The monoisotopic (exact) mass is 527 g/mol. The molecule has 0 aliphatic carbocycles. The molecule has 0 fully saturated rings. The predicted molar refractivity (Wildman–Crippen MR) is 156 cm³/mol. The molecule has 8 nitrogen and oxygen atoms in total. The van der Waals surface area contributed by atoms with E-state index in [1.807, 2.05) is 84.4 Å². The lowest BCUT2D eigenvalue weighted by Crippen LogP contribution is -2.25. The highest BCUT2D eigenvalue weighted by Crippen LogP contribution is 2.16. The molecule has 2 aromatic carbocycles. The van der Waals surface area contributed by atoms with Crippen LogP contribution in [0.3, 0.4) is 0 Å². The lowest BCUT2D eigenvalue weighted by atomic mass is 10.1. The van der Waals surface area contributed by atoms with Crippen LogP contribution in [0, 0.1) is 0 Å². The van der Waals surface area contributed by atoms with Gasteiger partial charge in [-0.2, -0.15) is 0 Å². The number of rotatable bonds is 14. The average Bonchev–Trinajstić information content (AvgIpc) is 3.53. The van der Waals surface area contributed by atoms with E-state index < -0.39 is 0 Å². The normalized spacial score (nSPS) is 11.4. The third-order valence-electron chi connectivity index (χ3n) is 6.89. The number of carbonyl (C=O) groups is 1. The Morgan fingerprint density at radius 2 is 1.21 bits per heavy atom. The summed E-state index contributed by atoms with van der Waals surface area (Å²) in [6.07, 6.45) is 9.87. The quantitative estimate of drug-likeness (QED) is 0.243. The van der Waals surface area contributed by atoms with Crippen LogP contribution < -0.4 is 5.32 Å². The average molecular weight is 528 g/mol. The summed E-state index contributed by atoms with van der Waals surface area (Å²) in [5.41, 5.74) is 3.84. The van der Waals surface area contributed by atoms with E-state index in [1.165, 1.54) is 5.56 Å². The molecule has 206 valence electrons. The molecule has 1 N–H and O–H groups in total. The summed E-state index contributed by atoms with van der Waals surface area (Å²) in [5, 5.41) is 3.04. The highest BCUT2D eigenvalue weighted by atomic mass is 16.1. The van der Waals surface area contributed by atoms with Crippen LogP contribution in [-0.2, 0) is 40.3 Å². The number of aromatic nitrogens is 4. The fourth-order valence-corrected chi connectivity index (χ4v) is 4.74. The number of hydrogen-bond acceptors (Lipinski definition) is 5. The van der Waals surface area contributed by atoms with E-state index in [0.29, 0.717) is 18.7 Å². The van der Waals surface area contributed by atoms with Gasteiger partial charge in [-0.3, -0.25) is 14.6 Å². The van der Waals surface area contributed by atoms with Crippen LogP contribution in [0.1, 0.15) is 59.8 Å². The molecule has 0 aliphatic rings. The molecule has 2 aromatic heterocycles. The number of imidazole rings is 2. The second-order valence-corrected chi connectivity index (χ2v) is 10.2. The number of nitrogens with zero attached hydrogens (tertiary/aromatic N) is 6. The fraction of sp³-hybridized carbons (Fsp3) is 0.387. The molecule has 0 saturated heterocycles. The number of carbonyl (C=O) groups excluding carboxylic acids is 1. The summed E-state index contributed by atoms with van der Waals surface area (Å²) >= 11 is 0. The molecule has 0 bridgehead atoms. The van der Waals surface area contributed by atoms with E-state index in [1.54, 1.807) is 0 Å². The first-order valence-electron chi connectivity index (χ1n) is 13.8. The molecule has 0 radical (unpaired) electrons. The van der Waals surface area contributed by atoms with Gasteiger partial charge in [0.1, 0.15) is 11.6 Å². The van der Waals surface area contributed by atoms with Gasteiger partial charge in [0, 0.05) is 63.2 Å². The first kappa shape index (κ1) is 28.3. The Bertz CT molecular complexity index is 1260. The van der Waals surface area contributed by atoms with Crippen molar-refractivity contribution >= 4 is 11.6 Å². The number of aryl methyl sites for hydroxylation is 2. The molecule has 0 aliphatic heterocycles. The SMILES string of the molecule is CCCN(CCC)Cc1ccc(NC(=O)c2ccc(CN(Cc3nccn3C)Cc3nccn3C)cc2)cc1. The number of nitrogens with one attached hydrogen (secondary N) is 1. The van der Waals surface area contributed by atoms with Gasteiger partial charge < -0.3 is 14.5 Å². The van der Waals surface area contributed by atoms with Crippen LogP contribution in [0.5, 0.6) is 0 Å². The summed E-state index contributed by atoms with van der Waals surface area (Å²) < 4.78 is 4.08. The topological polar surface area (TPSA) is 71.2 Å². The number of benzene rings is 2. The zero-order valence-electron chi connectivity index (χ0n) is 23.7. The van der Waals surface area contributed by atoms with Crippen molar-refractivity contribution in [1.29, 1.82) is 0 Å². The van der Waals surface area contributed by atoms with Crippen LogP contribution in [0.25, 0.3) is 0 Å². The van der Waals surface area contributed by atoms with Gasteiger partial charge in [0.15, 0.2) is 0 Å². The molecule has 4 aromatic rings.